The molecule has 3 N–H and O–H groups in total. The summed E-state index contributed by atoms with van der Waals surface area (Å²) in [4.78, 5) is 0. The van der Waals surface area contributed by atoms with Gasteiger partial charge in [-0.3, -0.25) is 0 Å². The minimum absolute atomic E-state index is 0.317. The molecule has 6 unspecified atom stereocenters. The van der Waals surface area contributed by atoms with E-state index in [1.54, 1.807) is 0 Å². The molecular formula is C28H39N3O. The largest absolute Gasteiger partial charge is 0.445 e. The van der Waals surface area contributed by atoms with Gasteiger partial charge >= 0.3 is 0 Å². The Morgan fingerprint density at radius 1 is 1.03 bits per heavy atom. The van der Waals surface area contributed by atoms with Crippen molar-refractivity contribution in [3.05, 3.63) is 58.4 Å². The fraction of sp³-hybridized carbons (Fsp3) is 0.643. The predicted octanol–water partition coefficient (Wildman–Crippen LogP) is 5.19. The number of allylic oxidation sites excluding steroid dienone is 3. The van der Waals surface area contributed by atoms with Crippen molar-refractivity contribution in [2.24, 2.45) is 17.8 Å². The summed E-state index contributed by atoms with van der Waals surface area (Å²) in [6.45, 7) is 6.97. The highest BCUT2D eigenvalue weighted by Crippen LogP contribution is 2.42. The first-order valence-electron chi connectivity index (χ1n) is 13.1. The summed E-state index contributed by atoms with van der Waals surface area (Å²) in [5.74, 6) is 4.12. The van der Waals surface area contributed by atoms with E-state index in [-0.39, 0.29) is 0 Å². The van der Waals surface area contributed by atoms with E-state index in [1.807, 2.05) is 0 Å². The molecule has 0 aromatic rings. The highest BCUT2D eigenvalue weighted by Gasteiger charge is 2.42. The molecule has 0 bridgehead atoms. The maximum absolute atomic E-state index is 6.46. The van der Waals surface area contributed by atoms with Crippen molar-refractivity contribution in [2.45, 2.75) is 96.3 Å². The van der Waals surface area contributed by atoms with E-state index in [0.29, 0.717) is 36.0 Å². The lowest BCUT2D eigenvalue weighted by Crippen LogP contribution is -2.50. The lowest BCUT2D eigenvalue weighted by atomic mass is 9.80. The summed E-state index contributed by atoms with van der Waals surface area (Å²) in [5, 5.41) is 11.5. The second-order valence-corrected chi connectivity index (χ2v) is 11.2. The number of rotatable bonds is 3. The molecule has 1 saturated carbocycles. The first-order chi connectivity index (χ1) is 15.6. The van der Waals surface area contributed by atoms with Crippen LogP contribution in [0, 0.1) is 17.8 Å². The molecule has 4 nitrogen and oxygen atoms in total. The van der Waals surface area contributed by atoms with Crippen LogP contribution in [0.25, 0.3) is 0 Å². The molecule has 4 aliphatic heterocycles. The van der Waals surface area contributed by atoms with Gasteiger partial charge in [0, 0.05) is 35.7 Å². The molecule has 4 heteroatoms. The van der Waals surface area contributed by atoms with Crippen LogP contribution < -0.4 is 16.0 Å². The third-order valence-corrected chi connectivity index (χ3v) is 8.95. The average molecular weight is 434 g/mol. The predicted molar refractivity (Wildman–Crippen MR) is 129 cm³/mol. The van der Waals surface area contributed by atoms with Crippen LogP contribution >= 0.6 is 0 Å². The highest BCUT2D eigenvalue weighted by molar-refractivity contribution is 5.45. The summed E-state index contributed by atoms with van der Waals surface area (Å²) >= 11 is 0. The van der Waals surface area contributed by atoms with E-state index in [4.69, 9.17) is 4.74 Å². The quantitative estimate of drug-likeness (QED) is 0.573. The molecule has 6 rings (SSSR count). The van der Waals surface area contributed by atoms with Crippen LogP contribution in [0.4, 0.5) is 0 Å². The first kappa shape index (κ1) is 20.7. The van der Waals surface area contributed by atoms with Gasteiger partial charge in [0.15, 0.2) is 5.88 Å². The Bertz CT molecular complexity index is 932. The van der Waals surface area contributed by atoms with Gasteiger partial charge in [0.2, 0.25) is 0 Å². The number of hydrogen-bond donors (Lipinski definition) is 3. The number of dihydropyridines is 1. The summed E-state index contributed by atoms with van der Waals surface area (Å²) in [6.07, 6.45) is 19.9. The van der Waals surface area contributed by atoms with Crippen LogP contribution in [0.1, 0.15) is 72.1 Å². The van der Waals surface area contributed by atoms with Crippen LogP contribution in [0.3, 0.4) is 0 Å². The fourth-order valence-electron chi connectivity index (χ4n) is 6.97. The SMILES string of the molecule is CC(=C1CC2=C(NC(CC3CCCC3)C=C2)O1)C1NC2=C(C=CC3CCC(C)NC23)C1C. The lowest BCUT2D eigenvalue weighted by molar-refractivity contribution is 0.267. The maximum Gasteiger partial charge on any atom is 0.197 e. The Morgan fingerprint density at radius 2 is 1.88 bits per heavy atom. The number of ether oxygens (including phenoxy) is 1. The minimum atomic E-state index is 0.317. The van der Waals surface area contributed by atoms with Gasteiger partial charge in [-0.25, -0.2) is 0 Å². The third-order valence-electron chi connectivity index (χ3n) is 8.95. The zero-order valence-corrected chi connectivity index (χ0v) is 19.9. The molecule has 2 fully saturated rings. The topological polar surface area (TPSA) is 45.3 Å². The smallest absolute Gasteiger partial charge is 0.197 e. The van der Waals surface area contributed by atoms with Gasteiger partial charge in [0.1, 0.15) is 5.76 Å². The normalized spacial score (nSPS) is 40.0. The Labute approximate surface area is 193 Å². The van der Waals surface area contributed by atoms with Gasteiger partial charge in [-0.2, -0.15) is 0 Å². The standard InChI is InChI=1S/C28H39N3O/c1-16-8-9-20-11-13-23-17(2)25(31-27(23)26(20)29-16)18(3)24-15-21-10-12-22(30-28(21)32-24)14-19-6-4-5-7-19/h10-13,16-17,19-20,22,25-26,29-31H,4-9,14-15H2,1-3H3. The van der Waals surface area contributed by atoms with E-state index < -0.39 is 0 Å². The molecule has 172 valence electrons. The molecule has 32 heavy (non-hydrogen) atoms. The Hall–Kier alpha value is -1.94. The minimum Gasteiger partial charge on any atom is -0.445 e. The molecule has 1 saturated heterocycles. The molecule has 0 spiro atoms. The first-order valence-corrected chi connectivity index (χ1v) is 13.1. The van der Waals surface area contributed by atoms with Gasteiger partial charge in [0.05, 0.1) is 12.1 Å². The van der Waals surface area contributed by atoms with E-state index >= 15 is 0 Å². The lowest BCUT2D eigenvalue weighted by Gasteiger charge is -2.38. The molecule has 0 amide bonds. The zero-order chi connectivity index (χ0) is 21.8. The monoisotopic (exact) mass is 433 g/mol. The van der Waals surface area contributed by atoms with E-state index in [9.17, 15) is 0 Å². The summed E-state index contributed by atoms with van der Waals surface area (Å²) in [6, 6.07) is 1.78. The van der Waals surface area contributed by atoms with Crippen molar-refractivity contribution in [2.75, 3.05) is 0 Å². The van der Waals surface area contributed by atoms with Crippen molar-refractivity contribution >= 4 is 0 Å². The molecule has 4 heterocycles. The fourth-order valence-corrected chi connectivity index (χ4v) is 6.97. The highest BCUT2D eigenvalue weighted by atomic mass is 16.5. The molecule has 0 radical (unpaired) electrons. The second-order valence-electron chi connectivity index (χ2n) is 11.2. The van der Waals surface area contributed by atoms with Crippen LogP contribution in [0.5, 0.6) is 0 Å². The van der Waals surface area contributed by atoms with Crippen molar-refractivity contribution < 1.29 is 4.74 Å². The average Bonchev–Trinajstić information content (AvgIpc) is 3.52. The van der Waals surface area contributed by atoms with Crippen molar-refractivity contribution in [1.29, 1.82) is 0 Å². The molecule has 2 aliphatic carbocycles. The number of nitrogens with one attached hydrogen (secondary N) is 3. The summed E-state index contributed by atoms with van der Waals surface area (Å²) < 4.78 is 6.46. The number of piperidine rings is 1. The van der Waals surface area contributed by atoms with Gasteiger partial charge in [-0.1, -0.05) is 56.9 Å². The van der Waals surface area contributed by atoms with Gasteiger partial charge in [-0.15, -0.1) is 0 Å². The Balaban J connectivity index is 1.15. The van der Waals surface area contributed by atoms with Crippen LogP contribution in [-0.4, -0.2) is 24.2 Å². The van der Waals surface area contributed by atoms with Gasteiger partial charge in [0.25, 0.3) is 0 Å². The third kappa shape index (κ3) is 3.55. The second kappa shape index (κ2) is 8.13. The summed E-state index contributed by atoms with van der Waals surface area (Å²) in [7, 11) is 0. The van der Waals surface area contributed by atoms with Crippen molar-refractivity contribution in [3.8, 4) is 0 Å². The van der Waals surface area contributed by atoms with Crippen LogP contribution in [0.15, 0.2) is 58.4 Å². The van der Waals surface area contributed by atoms with Crippen LogP contribution in [0.2, 0.25) is 0 Å². The molecule has 6 aliphatic rings. The maximum atomic E-state index is 6.46. The van der Waals surface area contributed by atoms with Crippen molar-refractivity contribution in [1.82, 2.24) is 16.0 Å². The zero-order valence-electron chi connectivity index (χ0n) is 19.9. The Kier molecular flexibility index (Phi) is 5.24. The number of fused-ring (bicyclic) bond motifs is 2. The van der Waals surface area contributed by atoms with E-state index in [1.165, 1.54) is 67.4 Å². The number of hydrogen-bond acceptors (Lipinski definition) is 4. The van der Waals surface area contributed by atoms with E-state index in [0.717, 1.165) is 24.0 Å². The molecule has 0 aromatic heterocycles. The molecular weight excluding hydrogens is 394 g/mol. The van der Waals surface area contributed by atoms with Gasteiger partial charge in [-0.05, 0) is 56.1 Å². The van der Waals surface area contributed by atoms with Crippen molar-refractivity contribution in [3.63, 3.8) is 0 Å². The molecule has 0 aromatic carbocycles. The summed E-state index contributed by atoms with van der Waals surface area (Å²) in [5.41, 5.74) is 5.60. The van der Waals surface area contributed by atoms with E-state index in [2.05, 4.69) is 61.0 Å². The Morgan fingerprint density at radius 3 is 2.72 bits per heavy atom. The molecule has 6 atom stereocenters. The van der Waals surface area contributed by atoms with Crippen LogP contribution in [-0.2, 0) is 4.74 Å². The van der Waals surface area contributed by atoms with Gasteiger partial charge < -0.3 is 20.7 Å².